The molecule has 61 heavy (non-hydrogen) atoms. The maximum absolute atomic E-state index is 12.8. The Balaban J connectivity index is 4.17. The van der Waals surface area contributed by atoms with Crippen LogP contribution in [-0.4, -0.2) is 75.5 Å². The Morgan fingerprint density at radius 1 is 0.426 bits per heavy atom. The van der Waals surface area contributed by atoms with E-state index in [1.54, 1.807) is 0 Å². The van der Waals surface area contributed by atoms with Gasteiger partial charge in [-0.25, -0.2) is 0 Å². The second-order valence-corrected chi connectivity index (χ2v) is 19.5. The summed E-state index contributed by atoms with van der Waals surface area (Å²) in [6.07, 6.45) is 48.4. The van der Waals surface area contributed by atoms with Gasteiger partial charge in [0.25, 0.3) is 0 Å². The molecule has 0 aliphatic heterocycles. The van der Waals surface area contributed by atoms with Crippen LogP contribution in [0.15, 0.2) is 0 Å². The number of hydrogen-bond donors (Lipinski definition) is 0. The fraction of sp³-hybridized carbons (Fsp3) is 0.943. The Hall–Kier alpha value is -1.67. The molecule has 0 saturated heterocycles. The van der Waals surface area contributed by atoms with Gasteiger partial charge >= 0.3 is 11.9 Å². The average molecular weight is 866 g/mol. The fourth-order valence-corrected chi connectivity index (χ4v) is 8.37. The third kappa shape index (κ3) is 43.4. The Labute approximate surface area is 378 Å². The van der Waals surface area contributed by atoms with Crippen molar-refractivity contribution in [1.82, 2.24) is 0 Å². The Morgan fingerprint density at radius 3 is 1.02 bits per heavy atom. The quantitative estimate of drug-likeness (QED) is 0.0341. The van der Waals surface area contributed by atoms with Crippen molar-refractivity contribution >= 4 is 17.9 Å². The van der Waals surface area contributed by atoms with Crippen molar-refractivity contribution in [2.45, 2.75) is 283 Å². The predicted octanol–water partition coefficient (Wildman–Crippen LogP) is 13.9. The van der Waals surface area contributed by atoms with Crippen LogP contribution in [0.4, 0.5) is 0 Å². The molecule has 0 fully saturated rings. The van der Waals surface area contributed by atoms with Gasteiger partial charge in [-0.15, -0.1) is 0 Å². The number of quaternary nitrogens is 1. The van der Waals surface area contributed by atoms with Gasteiger partial charge in [-0.3, -0.25) is 9.59 Å². The molecule has 0 amide bonds. The number of likely N-dealkylation sites (N-methyl/N-ethyl adjacent to an activating group) is 1. The van der Waals surface area contributed by atoms with Gasteiger partial charge in [0.1, 0.15) is 12.6 Å². The van der Waals surface area contributed by atoms with Crippen LogP contribution in [0.1, 0.15) is 271 Å². The summed E-state index contributed by atoms with van der Waals surface area (Å²) in [5, 5.41) is 11.7. The molecule has 362 valence electrons. The first-order valence-electron chi connectivity index (χ1n) is 26.6. The van der Waals surface area contributed by atoms with Crippen LogP contribution in [0, 0.1) is 0 Å². The van der Waals surface area contributed by atoms with E-state index in [4.69, 9.17) is 14.2 Å². The molecule has 8 heteroatoms. The number of esters is 2. The minimum absolute atomic E-state index is 0.0499. The minimum Gasteiger partial charge on any atom is -0.544 e. The molecule has 0 bridgehead atoms. The fourth-order valence-electron chi connectivity index (χ4n) is 8.37. The lowest BCUT2D eigenvalue weighted by molar-refractivity contribution is -0.889. The van der Waals surface area contributed by atoms with Gasteiger partial charge in [0.2, 0.25) is 0 Å². The zero-order chi connectivity index (χ0) is 44.9. The summed E-state index contributed by atoms with van der Waals surface area (Å²) in [4.78, 5) is 37.0. The van der Waals surface area contributed by atoms with Crippen LogP contribution in [0.5, 0.6) is 0 Å². The molecular formula is C53H103NO7. The summed E-state index contributed by atoms with van der Waals surface area (Å²) in [7, 11) is 5.43. The Bertz CT molecular complexity index is 967. The average Bonchev–Trinajstić information content (AvgIpc) is 3.22. The molecular weight excluding hydrogens is 763 g/mol. The first-order chi connectivity index (χ1) is 29.6. The zero-order valence-corrected chi connectivity index (χ0v) is 41.4. The van der Waals surface area contributed by atoms with Crippen LogP contribution >= 0.6 is 0 Å². The first kappa shape index (κ1) is 59.3. The summed E-state index contributed by atoms with van der Waals surface area (Å²) in [6, 6.07) is -0.720. The van der Waals surface area contributed by atoms with E-state index in [0.29, 0.717) is 12.8 Å². The maximum atomic E-state index is 12.8. The predicted molar refractivity (Wildman–Crippen MR) is 255 cm³/mol. The van der Waals surface area contributed by atoms with Gasteiger partial charge in [-0.05, 0) is 12.8 Å². The van der Waals surface area contributed by atoms with Gasteiger partial charge in [0.05, 0.1) is 40.3 Å². The second kappa shape index (κ2) is 44.9. The van der Waals surface area contributed by atoms with E-state index >= 15 is 0 Å². The maximum Gasteiger partial charge on any atom is 0.306 e. The standard InChI is InChI=1S/C53H103NO7/c1-6-8-10-12-14-16-18-20-22-24-25-26-28-30-32-34-36-38-40-42-44-52(56)61-49(47-59-46-45-50(53(57)58)54(3,4)5)48-60-51(55)43-41-39-37-35-33-31-29-27-23-21-19-17-15-13-11-9-7-2/h49-50H,6-48H2,1-5H3. The summed E-state index contributed by atoms with van der Waals surface area (Å²) in [5.41, 5.74) is 0. The van der Waals surface area contributed by atoms with Crippen LogP contribution < -0.4 is 5.11 Å². The molecule has 0 aliphatic carbocycles. The van der Waals surface area contributed by atoms with E-state index in [1.807, 2.05) is 21.1 Å². The number of nitrogens with zero attached hydrogens (tertiary/aromatic N) is 1. The molecule has 0 rings (SSSR count). The molecule has 0 N–H and O–H groups in total. The number of aliphatic carboxylic acids is 1. The normalized spacial score (nSPS) is 12.7. The highest BCUT2D eigenvalue weighted by Crippen LogP contribution is 2.17. The van der Waals surface area contributed by atoms with Gasteiger partial charge in [-0.1, -0.05) is 239 Å². The number of rotatable bonds is 49. The van der Waals surface area contributed by atoms with E-state index < -0.39 is 18.1 Å². The van der Waals surface area contributed by atoms with Crippen molar-refractivity contribution in [3.05, 3.63) is 0 Å². The number of carboxylic acids is 1. The highest BCUT2D eigenvalue weighted by Gasteiger charge is 2.25. The monoisotopic (exact) mass is 866 g/mol. The molecule has 0 aromatic rings. The lowest BCUT2D eigenvalue weighted by Crippen LogP contribution is -2.55. The molecule has 0 radical (unpaired) electrons. The molecule has 0 aromatic carbocycles. The number of carbonyl (C=O) groups is 3. The first-order valence-corrected chi connectivity index (χ1v) is 26.6. The van der Waals surface area contributed by atoms with Gasteiger partial charge in [-0.2, -0.15) is 0 Å². The van der Waals surface area contributed by atoms with E-state index in [-0.39, 0.29) is 42.7 Å². The van der Waals surface area contributed by atoms with Crippen molar-refractivity contribution in [2.75, 3.05) is 41.0 Å². The molecule has 2 unspecified atom stereocenters. The largest absolute Gasteiger partial charge is 0.544 e. The van der Waals surface area contributed by atoms with E-state index in [1.165, 1.54) is 199 Å². The highest BCUT2D eigenvalue weighted by molar-refractivity contribution is 5.70. The van der Waals surface area contributed by atoms with Crippen molar-refractivity contribution < 1.29 is 38.2 Å². The van der Waals surface area contributed by atoms with Crippen LogP contribution in [0.2, 0.25) is 0 Å². The van der Waals surface area contributed by atoms with E-state index in [9.17, 15) is 19.5 Å². The van der Waals surface area contributed by atoms with Crippen molar-refractivity contribution in [2.24, 2.45) is 0 Å². The highest BCUT2D eigenvalue weighted by atomic mass is 16.6. The summed E-state index contributed by atoms with van der Waals surface area (Å²) in [6.45, 7) is 4.73. The number of carboxylic acid groups (broad SMARTS) is 1. The number of hydrogen-bond acceptors (Lipinski definition) is 7. The molecule has 0 aliphatic rings. The smallest absolute Gasteiger partial charge is 0.306 e. The second-order valence-electron chi connectivity index (χ2n) is 19.5. The zero-order valence-electron chi connectivity index (χ0n) is 41.4. The third-order valence-corrected chi connectivity index (χ3v) is 12.5. The van der Waals surface area contributed by atoms with Crippen LogP contribution in [-0.2, 0) is 28.6 Å². The molecule has 0 aromatic heterocycles. The number of unbranched alkanes of at least 4 members (excludes halogenated alkanes) is 35. The van der Waals surface area contributed by atoms with Gasteiger partial charge in [0.15, 0.2) is 6.10 Å². The van der Waals surface area contributed by atoms with Crippen molar-refractivity contribution in [1.29, 1.82) is 0 Å². The lowest BCUT2D eigenvalue weighted by Gasteiger charge is -2.34. The molecule has 0 heterocycles. The summed E-state index contributed by atoms with van der Waals surface area (Å²) in [5.74, 6) is -1.70. The minimum atomic E-state index is -1.12. The third-order valence-electron chi connectivity index (χ3n) is 12.5. The van der Waals surface area contributed by atoms with Gasteiger partial charge in [0, 0.05) is 19.3 Å². The topological polar surface area (TPSA) is 102 Å². The molecule has 2 atom stereocenters. The molecule has 0 spiro atoms. The van der Waals surface area contributed by atoms with E-state index in [0.717, 1.165) is 38.5 Å². The number of carbonyl (C=O) groups excluding carboxylic acids is 3. The van der Waals surface area contributed by atoms with E-state index in [2.05, 4.69) is 13.8 Å². The lowest BCUT2D eigenvalue weighted by atomic mass is 10.0. The number of ether oxygens (including phenoxy) is 3. The van der Waals surface area contributed by atoms with Gasteiger partial charge < -0.3 is 28.6 Å². The van der Waals surface area contributed by atoms with Crippen LogP contribution in [0.25, 0.3) is 0 Å². The summed E-state index contributed by atoms with van der Waals surface area (Å²) < 4.78 is 17.3. The Kier molecular flexibility index (Phi) is 43.7. The molecule has 8 nitrogen and oxygen atoms in total. The SMILES string of the molecule is CCCCCCCCCCCCCCCCCCCCCCC(=O)OC(COCCC(C(=O)[O-])[N+](C)(C)C)COC(=O)CCCCCCCCCCCCCCCCCCC. The van der Waals surface area contributed by atoms with Crippen molar-refractivity contribution in [3.8, 4) is 0 Å². The Morgan fingerprint density at radius 2 is 0.721 bits per heavy atom. The van der Waals surface area contributed by atoms with Crippen LogP contribution in [0.3, 0.4) is 0 Å². The van der Waals surface area contributed by atoms with Crippen molar-refractivity contribution in [3.63, 3.8) is 0 Å². The molecule has 0 saturated carbocycles. The summed E-state index contributed by atoms with van der Waals surface area (Å²) >= 11 is 0.